The molecule has 0 saturated heterocycles. The Morgan fingerprint density at radius 1 is 1.10 bits per heavy atom. The highest BCUT2D eigenvalue weighted by Gasteiger charge is 2.17. The molecule has 9 heteroatoms. The lowest BCUT2D eigenvalue weighted by atomic mass is 10.3. The summed E-state index contributed by atoms with van der Waals surface area (Å²) in [6.45, 7) is 1.28. The number of nitrogens with two attached hydrogens (primary N) is 1. The van der Waals surface area contributed by atoms with Gasteiger partial charge in [-0.2, -0.15) is 23.5 Å². The summed E-state index contributed by atoms with van der Waals surface area (Å²) in [6, 6.07) is -1.71. The molecule has 1 amide bonds. The third-order valence-electron chi connectivity index (χ3n) is 2.15. The molecule has 5 N–H and O–H groups in total. The highest BCUT2D eigenvalue weighted by atomic mass is 32.2. The molecule has 0 heterocycles. The lowest BCUT2D eigenvalue weighted by molar-refractivity contribution is -0.140. The number of carboxylic acid groups (broad SMARTS) is 2. The molecule has 2 atom stereocenters. The van der Waals surface area contributed by atoms with Crippen molar-refractivity contribution in [2.45, 2.75) is 25.4 Å². The zero-order valence-electron chi connectivity index (χ0n) is 11.2. The number of amides is 1. The first-order valence-corrected chi connectivity index (χ1v) is 8.29. The Morgan fingerprint density at radius 2 is 1.65 bits per heavy atom. The van der Waals surface area contributed by atoms with Crippen molar-refractivity contribution in [2.75, 3.05) is 23.0 Å². The monoisotopic (exact) mass is 324 g/mol. The number of carbonyl (C=O) groups is 3. The Morgan fingerprint density at radius 3 is 2.10 bits per heavy atom. The zero-order chi connectivity index (χ0) is 15.5. The predicted molar refractivity (Wildman–Crippen MR) is 80.1 cm³/mol. The third kappa shape index (κ3) is 9.93. The Balaban J connectivity index is 3.62. The summed E-state index contributed by atoms with van der Waals surface area (Å²) in [4.78, 5) is 32.1. The smallest absolute Gasteiger partial charge is 0.327 e. The van der Waals surface area contributed by atoms with Crippen LogP contribution in [-0.4, -0.2) is 63.2 Å². The number of carbonyl (C=O) groups excluding carboxylic acids is 1. The molecule has 0 aliphatic heterocycles. The van der Waals surface area contributed by atoms with Gasteiger partial charge in [0.2, 0.25) is 5.91 Å². The van der Waals surface area contributed by atoms with Gasteiger partial charge in [-0.05, 0) is 17.9 Å². The minimum absolute atomic E-state index is 0.314. The molecule has 20 heavy (non-hydrogen) atoms. The highest BCUT2D eigenvalue weighted by molar-refractivity contribution is 8.00. The molecular weight excluding hydrogens is 304 g/mol. The van der Waals surface area contributed by atoms with E-state index < -0.39 is 24.0 Å². The van der Waals surface area contributed by atoms with Crippen molar-refractivity contribution in [1.29, 1.82) is 0 Å². The summed E-state index contributed by atoms with van der Waals surface area (Å²) in [7, 11) is 0. The van der Waals surface area contributed by atoms with E-state index in [0.717, 1.165) is 17.9 Å². The van der Waals surface area contributed by atoms with Crippen molar-refractivity contribution < 1.29 is 24.6 Å². The molecule has 0 aliphatic rings. The molecule has 0 aromatic rings. The minimum Gasteiger partial charge on any atom is -0.480 e. The number of aliphatic carboxylic acids is 2. The van der Waals surface area contributed by atoms with Gasteiger partial charge in [-0.3, -0.25) is 9.59 Å². The number of carboxylic acids is 2. The molecule has 0 spiro atoms. The summed E-state index contributed by atoms with van der Waals surface area (Å²) >= 11 is 2.90. The normalized spacial score (nSPS) is 13.5. The number of nitrogens with one attached hydrogen (secondary N) is 1. The Hall–Kier alpha value is -0.930. The van der Waals surface area contributed by atoms with Crippen LogP contribution in [0.2, 0.25) is 0 Å². The van der Waals surface area contributed by atoms with Gasteiger partial charge in [0, 0.05) is 18.4 Å². The van der Waals surface area contributed by atoms with Crippen molar-refractivity contribution >= 4 is 41.4 Å². The average molecular weight is 324 g/mol. The van der Waals surface area contributed by atoms with E-state index >= 15 is 0 Å². The zero-order valence-corrected chi connectivity index (χ0v) is 12.8. The largest absolute Gasteiger partial charge is 0.480 e. The van der Waals surface area contributed by atoms with E-state index in [9.17, 15) is 14.4 Å². The molecular formula is C11H20N2O5S2. The van der Waals surface area contributed by atoms with E-state index in [2.05, 4.69) is 5.32 Å². The van der Waals surface area contributed by atoms with Gasteiger partial charge >= 0.3 is 11.9 Å². The molecule has 0 aliphatic carbocycles. The average Bonchev–Trinajstić information content (AvgIpc) is 2.34. The van der Waals surface area contributed by atoms with Gasteiger partial charge in [0.15, 0.2) is 0 Å². The second-order valence-corrected chi connectivity index (χ2v) is 6.34. The van der Waals surface area contributed by atoms with Crippen LogP contribution < -0.4 is 11.1 Å². The topological polar surface area (TPSA) is 130 Å². The van der Waals surface area contributed by atoms with Gasteiger partial charge in [-0.1, -0.05) is 0 Å². The van der Waals surface area contributed by atoms with Gasteiger partial charge < -0.3 is 21.3 Å². The predicted octanol–water partition coefficient (Wildman–Crippen LogP) is -0.156. The van der Waals surface area contributed by atoms with Crippen LogP contribution in [0.15, 0.2) is 0 Å². The Labute approximate surface area is 126 Å². The first kappa shape index (κ1) is 19.1. The van der Waals surface area contributed by atoms with Crippen molar-refractivity contribution in [3.05, 3.63) is 0 Å². The Kier molecular flexibility index (Phi) is 10.3. The minimum atomic E-state index is -1.05. The third-order valence-corrected chi connectivity index (χ3v) is 4.47. The molecule has 7 nitrogen and oxygen atoms in total. The van der Waals surface area contributed by atoms with Gasteiger partial charge in [-0.25, -0.2) is 4.79 Å². The van der Waals surface area contributed by atoms with E-state index in [0.29, 0.717) is 11.5 Å². The van der Waals surface area contributed by atoms with Crippen LogP contribution in [0.1, 0.15) is 13.3 Å². The standard InChI is InChI=1S/C11H20N2O5S2/c1-7(14)13-9(11(17)18)6-20-4-2-3-19-5-8(12)10(15)16/h8-9H,2-6,12H2,1H3,(H,13,14)(H,15,16)(H,17,18). The lowest BCUT2D eigenvalue weighted by Crippen LogP contribution is -2.41. The van der Waals surface area contributed by atoms with Crippen molar-refractivity contribution in [3.8, 4) is 0 Å². The molecule has 0 rings (SSSR count). The van der Waals surface area contributed by atoms with E-state index in [1.54, 1.807) is 0 Å². The maximum absolute atomic E-state index is 10.8. The summed E-state index contributed by atoms with van der Waals surface area (Å²) in [5.41, 5.74) is 5.35. The summed E-state index contributed by atoms with van der Waals surface area (Å²) in [5.74, 6) is -0.222. The van der Waals surface area contributed by atoms with Crippen molar-refractivity contribution in [3.63, 3.8) is 0 Å². The van der Waals surface area contributed by atoms with E-state index in [4.69, 9.17) is 15.9 Å². The highest BCUT2D eigenvalue weighted by Crippen LogP contribution is 2.10. The fourth-order valence-corrected chi connectivity index (χ4v) is 3.24. The second kappa shape index (κ2) is 10.8. The van der Waals surface area contributed by atoms with E-state index in [-0.39, 0.29) is 5.91 Å². The van der Waals surface area contributed by atoms with Crippen LogP contribution in [0.25, 0.3) is 0 Å². The SMILES string of the molecule is CC(=O)NC(CSCCCSCC(N)C(=O)O)C(=O)O. The molecule has 0 radical (unpaired) electrons. The van der Waals surface area contributed by atoms with Gasteiger partial charge in [0.25, 0.3) is 0 Å². The molecule has 0 saturated carbocycles. The van der Waals surface area contributed by atoms with Gasteiger partial charge in [0.05, 0.1) is 0 Å². The maximum Gasteiger partial charge on any atom is 0.327 e. The van der Waals surface area contributed by atoms with Crippen molar-refractivity contribution in [1.82, 2.24) is 5.32 Å². The summed E-state index contributed by atoms with van der Waals surface area (Å²) < 4.78 is 0. The first-order valence-electron chi connectivity index (χ1n) is 5.98. The van der Waals surface area contributed by atoms with Crippen molar-refractivity contribution in [2.24, 2.45) is 5.73 Å². The van der Waals surface area contributed by atoms with E-state index in [1.807, 2.05) is 0 Å². The molecule has 116 valence electrons. The lowest BCUT2D eigenvalue weighted by Gasteiger charge is -2.12. The summed E-state index contributed by atoms with van der Waals surface area (Å²) in [6.07, 6.45) is 0.827. The number of hydrogen-bond donors (Lipinski definition) is 4. The van der Waals surface area contributed by atoms with Crippen LogP contribution in [0.3, 0.4) is 0 Å². The molecule has 2 unspecified atom stereocenters. The molecule has 0 bridgehead atoms. The first-order chi connectivity index (χ1) is 9.34. The van der Waals surface area contributed by atoms with Crippen LogP contribution in [0, 0.1) is 0 Å². The van der Waals surface area contributed by atoms with E-state index in [1.165, 1.54) is 30.4 Å². The van der Waals surface area contributed by atoms with Crippen LogP contribution >= 0.6 is 23.5 Å². The molecule has 0 aromatic carbocycles. The number of thioether (sulfide) groups is 2. The number of hydrogen-bond acceptors (Lipinski definition) is 6. The fourth-order valence-electron chi connectivity index (χ4n) is 1.17. The van der Waals surface area contributed by atoms with Crippen LogP contribution in [-0.2, 0) is 14.4 Å². The van der Waals surface area contributed by atoms with Crippen LogP contribution in [0.4, 0.5) is 0 Å². The Bertz CT molecular complexity index is 341. The summed E-state index contributed by atoms with van der Waals surface area (Å²) in [5, 5.41) is 19.8. The quantitative estimate of drug-likeness (QED) is 0.386. The maximum atomic E-state index is 10.8. The van der Waals surface area contributed by atoms with Gasteiger partial charge in [0.1, 0.15) is 12.1 Å². The van der Waals surface area contributed by atoms with Crippen LogP contribution in [0.5, 0.6) is 0 Å². The van der Waals surface area contributed by atoms with Gasteiger partial charge in [-0.15, -0.1) is 0 Å². The fraction of sp³-hybridized carbons (Fsp3) is 0.727. The molecule has 0 aromatic heterocycles. The second-order valence-electron chi connectivity index (χ2n) is 4.04. The molecule has 0 fully saturated rings. The number of rotatable bonds is 11.